The lowest BCUT2D eigenvalue weighted by molar-refractivity contribution is 0.0763. The number of aryl methyl sites for hydroxylation is 1. The van der Waals surface area contributed by atoms with Crippen molar-refractivity contribution in [1.82, 2.24) is 4.90 Å². The predicted octanol–water partition coefficient (Wildman–Crippen LogP) is 3.68. The van der Waals surface area contributed by atoms with E-state index < -0.39 is 0 Å². The minimum atomic E-state index is 0.0529. The fourth-order valence-corrected chi connectivity index (χ4v) is 2.65. The Morgan fingerprint density at radius 2 is 2.30 bits per heavy atom. The fourth-order valence-electron chi connectivity index (χ4n) is 2.53. The molecule has 0 aromatic heterocycles. The zero-order valence-corrected chi connectivity index (χ0v) is 12.9. The summed E-state index contributed by atoms with van der Waals surface area (Å²) in [5, 5.41) is 0.697. The van der Waals surface area contributed by atoms with Gasteiger partial charge < -0.3 is 9.64 Å². The molecule has 0 N–H and O–H groups in total. The van der Waals surface area contributed by atoms with Gasteiger partial charge in [0.1, 0.15) is 0 Å². The van der Waals surface area contributed by atoms with Crippen LogP contribution in [0.15, 0.2) is 18.2 Å². The van der Waals surface area contributed by atoms with E-state index in [0.29, 0.717) is 16.7 Å². The van der Waals surface area contributed by atoms with Gasteiger partial charge in [0.2, 0.25) is 0 Å². The van der Waals surface area contributed by atoms with E-state index in [2.05, 4.69) is 0 Å². The van der Waals surface area contributed by atoms with Gasteiger partial charge in [0, 0.05) is 30.8 Å². The molecular formula is C16H22ClNO2. The van der Waals surface area contributed by atoms with E-state index in [0.717, 1.165) is 38.0 Å². The molecule has 0 radical (unpaired) electrons. The van der Waals surface area contributed by atoms with Crippen molar-refractivity contribution in [1.29, 1.82) is 0 Å². The molecule has 1 saturated heterocycles. The van der Waals surface area contributed by atoms with Gasteiger partial charge >= 0.3 is 0 Å². The van der Waals surface area contributed by atoms with Crippen LogP contribution in [0.3, 0.4) is 0 Å². The van der Waals surface area contributed by atoms with E-state index in [1.54, 1.807) is 17.0 Å². The highest BCUT2D eigenvalue weighted by Gasteiger charge is 2.16. The Balaban J connectivity index is 1.82. The number of carbonyl (C=O) groups excluding carboxylic acids is 1. The molecule has 1 fully saturated rings. The highest BCUT2D eigenvalue weighted by Crippen LogP contribution is 2.19. The van der Waals surface area contributed by atoms with Gasteiger partial charge in [0.15, 0.2) is 0 Å². The zero-order chi connectivity index (χ0) is 14.5. The second kappa shape index (κ2) is 7.09. The van der Waals surface area contributed by atoms with Crippen LogP contribution in [0.5, 0.6) is 0 Å². The van der Waals surface area contributed by atoms with Gasteiger partial charge in [-0.3, -0.25) is 4.79 Å². The number of rotatable bonds is 5. The van der Waals surface area contributed by atoms with E-state index >= 15 is 0 Å². The van der Waals surface area contributed by atoms with Crippen LogP contribution in [0.1, 0.15) is 41.6 Å². The van der Waals surface area contributed by atoms with Crippen molar-refractivity contribution in [2.75, 3.05) is 20.2 Å². The summed E-state index contributed by atoms with van der Waals surface area (Å²) in [6.45, 7) is 3.57. The molecule has 2 rings (SSSR count). The smallest absolute Gasteiger partial charge is 0.253 e. The van der Waals surface area contributed by atoms with Crippen LogP contribution in [0.2, 0.25) is 5.02 Å². The molecule has 1 atom stereocenters. The number of halogens is 1. The fraction of sp³-hybridized carbons (Fsp3) is 0.562. The van der Waals surface area contributed by atoms with Crippen LogP contribution < -0.4 is 0 Å². The number of hydrogen-bond acceptors (Lipinski definition) is 2. The Labute approximate surface area is 125 Å². The number of amides is 1. The maximum absolute atomic E-state index is 12.3. The first kappa shape index (κ1) is 15.3. The van der Waals surface area contributed by atoms with Crippen molar-refractivity contribution in [3.63, 3.8) is 0 Å². The highest BCUT2D eigenvalue weighted by molar-refractivity contribution is 6.31. The van der Waals surface area contributed by atoms with Gasteiger partial charge in [0.25, 0.3) is 5.91 Å². The van der Waals surface area contributed by atoms with E-state index in [9.17, 15) is 4.79 Å². The number of benzene rings is 1. The first-order chi connectivity index (χ1) is 9.58. The van der Waals surface area contributed by atoms with E-state index in [1.807, 2.05) is 20.0 Å². The van der Waals surface area contributed by atoms with E-state index in [4.69, 9.17) is 16.3 Å². The molecule has 0 bridgehead atoms. The standard InChI is InChI=1S/C16H22ClNO2/c1-12-11-13(7-8-15(12)17)16(19)18(2)9-3-5-14-6-4-10-20-14/h7-8,11,14H,3-6,9-10H2,1-2H3/t14-/m1/s1. The second-order valence-corrected chi connectivity index (χ2v) is 5.88. The Hall–Kier alpha value is -1.06. The molecule has 0 saturated carbocycles. The molecule has 20 heavy (non-hydrogen) atoms. The minimum Gasteiger partial charge on any atom is -0.378 e. The van der Waals surface area contributed by atoms with Gasteiger partial charge in [0.05, 0.1) is 6.10 Å². The molecule has 3 nitrogen and oxygen atoms in total. The van der Waals surface area contributed by atoms with Crippen molar-refractivity contribution in [3.8, 4) is 0 Å². The van der Waals surface area contributed by atoms with Crippen LogP contribution in [0.4, 0.5) is 0 Å². The van der Waals surface area contributed by atoms with Crippen LogP contribution in [-0.2, 0) is 4.74 Å². The van der Waals surface area contributed by atoms with Crippen molar-refractivity contribution in [2.24, 2.45) is 0 Å². The van der Waals surface area contributed by atoms with Crippen molar-refractivity contribution in [3.05, 3.63) is 34.3 Å². The Morgan fingerprint density at radius 3 is 2.95 bits per heavy atom. The molecule has 110 valence electrons. The largest absolute Gasteiger partial charge is 0.378 e. The van der Waals surface area contributed by atoms with Crippen molar-refractivity contribution < 1.29 is 9.53 Å². The van der Waals surface area contributed by atoms with Crippen molar-refractivity contribution >= 4 is 17.5 Å². The van der Waals surface area contributed by atoms with E-state index in [1.165, 1.54) is 6.42 Å². The quantitative estimate of drug-likeness (QED) is 0.829. The molecule has 0 aliphatic carbocycles. The maximum atomic E-state index is 12.3. The zero-order valence-electron chi connectivity index (χ0n) is 12.2. The van der Waals surface area contributed by atoms with Gasteiger partial charge in [-0.2, -0.15) is 0 Å². The molecule has 1 aliphatic rings. The van der Waals surface area contributed by atoms with Crippen LogP contribution >= 0.6 is 11.6 Å². The average molecular weight is 296 g/mol. The minimum absolute atomic E-state index is 0.0529. The van der Waals surface area contributed by atoms with Gasteiger partial charge in [-0.15, -0.1) is 0 Å². The summed E-state index contributed by atoms with van der Waals surface area (Å²) in [7, 11) is 1.85. The molecule has 1 heterocycles. The molecule has 0 unspecified atom stereocenters. The third-order valence-corrected chi connectivity index (χ3v) is 4.22. The molecular weight excluding hydrogens is 274 g/mol. The molecule has 0 spiro atoms. The Bertz CT molecular complexity index is 470. The summed E-state index contributed by atoms with van der Waals surface area (Å²) in [5.74, 6) is 0.0529. The number of carbonyl (C=O) groups is 1. The van der Waals surface area contributed by atoms with Crippen LogP contribution in [0, 0.1) is 6.92 Å². The number of hydrogen-bond donors (Lipinski definition) is 0. The van der Waals surface area contributed by atoms with Crippen LogP contribution in [0.25, 0.3) is 0 Å². The lowest BCUT2D eigenvalue weighted by atomic mass is 10.1. The predicted molar refractivity (Wildman–Crippen MR) is 81.4 cm³/mol. The topological polar surface area (TPSA) is 29.5 Å². The Kier molecular flexibility index (Phi) is 5.44. The second-order valence-electron chi connectivity index (χ2n) is 5.47. The third-order valence-electron chi connectivity index (χ3n) is 3.80. The summed E-state index contributed by atoms with van der Waals surface area (Å²) in [6.07, 6.45) is 4.75. The normalized spacial score (nSPS) is 18.2. The van der Waals surface area contributed by atoms with Gasteiger partial charge in [-0.05, 0) is 56.4 Å². The monoisotopic (exact) mass is 295 g/mol. The van der Waals surface area contributed by atoms with Gasteiger partial charge in [-0.1, -0.05) is 11.6 Å². The summed E-state index contributed by atoms with van der Waals surface area (Å²) in [6, 6.07) is 5.42. The molecule has 1 amide bonds. The van der Waals surface area contributed by atoms with E-state index in [-0.39, 0.29) is 5.91 Å². The van der Waals surface area contributed by atoms with Crippen molar-refractivity contribution in [2.45, 2.75) is 38.7 Å². The molecule has 1 aliphatic heterocycles. The van der Waals surface area contributed by atoms with Crippen LogP contribution in [-0.4, -0.2) is 37.1 Å². The molecule has 1 aromatic carbocycles. The Morgan fingerprint density at radius 1 is 1.50 bits per heavy atom. The summed E-state index contributed by atoms with van der Waals surface area (Å²) < 4.78 is 5.59. The lowest BCUT2D eigenvalue weighted by Crippen LogP contribution is -2.28. The molecule has 1 aromatic rings. The molecule has 4 heteroatoms. The maximum Gasteiger partial charge on any atom is 0.253 e. The number of nitrogens with zero attached hydrogens (tertiary/aromatic N) is 1. The summed E-state index contributed by atoms with van der Waals surface area (Å²) >= 11 is 5.98. The lowest BCUT2D eigenvalue weighted by Gasteiger charge is -2.18. The summed E-state index contributed by atoms with van der Waals surface area (Å²) in [4.78, 5) is 14.1. The first-order valence-electron chi connectivity index (χ1n) is 7.21. The first-order valence-corrected chi connectivity index (χ1v) is 7.59. The highest BCUT2D eigenvalue weighted by atomic mass is 35.5. The number of ether oxygens (including phenoxy) is 1. The van der Waals surface area contributed by atoms with Gasteiger partial charge in [-0.25, -0.2) is 0 Å². The summed E-state index contributed by atoms with van der Waals surface area (Å²) in [5.41, 5.74) is 1.64. The SMILES string of the molecule is Cc1cc(C(=O)N(C)CCC[C@@H]2CCCO2)ccc1Cl. The average Bonchev–Trinajstić information content (AvgIpc) is 2.94. The third kappa shape index (κ3) is 3.97.